The molecule has 0 saturated carbocycles. The first-order chi connectivity index (χ1) is 12.1. The quantitative estimate of drug-likeness (QED) is 0.788. The number of hydrogen-bond acceptors (Lipinski definition) is 5. The highest BCUT2D eigenvalue weighted by Crippen LogP contribution is 2.15. The Morgan fingerprint density at radius 1 is 1.32 bits per heavy atom. The Kier molecular flexibility index (Phi) is 5.39. The van der Waals surface area contributed by atoms with E-state index in [0.717, 1.165) is 18.4 Å². The summed E-state index contributed by atoms with van der Waals surface area (Å²) in [4.78, 5) is 28.0. The molecule has 1 fully saturated rings. The van der Waals surface area contributed by atoms with E-state index in [1.165, 1.54) is 0 Å². The minimum Gasteiger partial charge on any atom is -0.376 e. The molecule has 3 rings (SSSR count). The average molecular weight is 343 g/mol. The number of aromatic nitrogens is 3. The molecule has 2 aromatic heterocycles. The van der Waals surface area contributed by atoms with E-state index in [2.05, 4.69) is 20.7 Å². The van der Waals surface area contributed by atoms with E-state index in [1.807, 2.05) is 19.1 Å². The Hall–Kier alpha value is -2.74. The number of anilines is 1. The van der Waals surface area contributed by atoms with E-state index in [0.29, 0.717) is 19.0 Å². The molecule has 2 amide bonds. The van der Waals surface area contributed by atoms with Crippen molar-refractivity contribution in [1.29, 1.82) is 0 Å². The van der Waals surface area contributed by atoms with Gasteiger partial charge in [0.25, 0.3) is 0 Å². The lowest BCUT2D eigenvalue weighted by Gasteiger charge is -2.19. The number of amides is 2. The number of ether oxygens (including phenoxy) is 1. The van der Waals surface area contributed by atoms with E-state index in [1.54, 1.807) is 29.3 Å². The lowest BCUT2D eigenvalue weighted by atomic mass is 10.1. The van der Waals surface area contributed by atoms with Gasteiger partial charge in [-0.15, -0.1) is 0 Å². The Morgan fingerprint density at radius 2 is 2.12 bits per heavy atom. The van der Waals surface area contributed by atoms with Crippen LogP contribution < -0.4 is 10.6 Å². The van der Waals surface area contributed by atoms with E-state index in [9.17, 15) is 9.59 Å². The maximum Gasteiger partial charge on any atom is 0.314 e. The zero-order chi connectivity index (χ0) is 17.6. The van der Waals surface area contributed by atoms with Crippen molar-refractivity contribution in [2.24, 2.45) is 0 Å². The summed E-state index contributed by atoms with van der Waals surface area (Å²) in [6, 6.07) is 5.22. The first kappa shape index (κ1) is 17.1. The van der Waals surface area contributed by atoms with Crippen LogP contribution in [0.3, 0.4) is 0 Å². The largest absolute Gasteiger partial charge is 0.376 e. The molecule has 3 heterocycles. The van der Waals surface area contributed by atoms with Crippen molar-refractivity contribution in [2.45, 2.75) is 38.5 Å². The highest BCUT2D eigenvalue weighted by Gasteiger charge is 2.26. The summed E-state index contributed by atoms with van der Waals surface area (Å²) >= 11 is 0. The summed E-state index contributed by atoms with van der Waals surface area (Å²) < 4.78 is 7.19. The van der Waals surface area contributed by atoms with E-state index in [-0.39, 0.29) is 12.1 Å². The predicted octanol–water partition coefficient (Wildman–Crippen LogP) is 0.949. The highest BCUT2D eigenvalue weighted by molar-refractivity contribution is 6.39. The summed E-state index contributed by atoms with van der Waals surface area (Å²) in [6.45, 7) is 3.09. The molecule has 0 radical (unpaired) electrons. The monoisotopic (exact) mass is 343 g/mol. The van der Waals surface area contributed by atoms with Gasteiger partial charge in [0.05, 0.1) is 18.7 Å². The zero-order valence-corrected chi connectivity index (χ0v) is 14.0. The lowest BCUT2D eigenvalue weighted by molar-refractivity contribution is -0.137. The lowest BCUT2D eigenvalue weighted by Crippen LogP contribution is -2.45. The van der Waals surface area contributed by atoms with Crippen molar-refractivity contribution < 1.29 is 14.3 Å². The number of hydrogen-bond donors (Lipinski definition) is 2. The van der Waals surface area contributed by atoms with Gasteiger partial charge in [0, 0.05) is 31.3 Å². The predicted molar refractivity (Wildman–Crippen MR) is 90.8 cm³/mol. The van der Waals surface area contributed by atoms with Gasteiger partial charge in [0.1, 0.15) is 0 Å². The molecule has 1 saturated heterocycles. The molecule has 2 N–H and O–H groups in total. The molecule has 0 spiro atoms. The Morgan fingerprint density at radius 3 is 2.84 bits per heavy atom. The van der Waals surface area contributed by atoms with Crippen molar-refractivity contribution in [3.8, 4) is 0 Å². The van der Waals surface area contributed by atoms with E-state index >= 15 is 0 Å². The molecule has 0 aromatic carbocycles. The van der Waals surface area contributed by atoms with Crippen LogP contribution in [0, 0.1) is 0 Å². The zero-order valence-electron chi connectivity index (χ0n) is 14.0. The number of carbonyl (C=O) groups excluding carboxylic acids is 2. The van der Waals surface area contributed by atoms with Crippen LogP contribution in [-0.2, 0) is 20.9 Å². The number of pyridine rings is 1. The van der Waals surface area contributed by atoms with Gasteiger partial charge in [-0.05, 0) is 37.5 Å². The number of nitrogens with zero attached hydrogens (tertiary/aromatic N) is 3. The van der Waals surface area contributed by atoms with Crippen molar-refractivity contribution in [1.82, 2.24) is 20.1 Å². The van der Waals surface area contributed by atoms with Crippen molar-refractivity contribution in [3.63, 3.8) is 0 Å². The van der Waals surface area contributed by atoms with E-state index < -0.39 is 11.8 Å². The first-order valence-corrected chi connectivity index (χ1v) is 8.27. The van der Waals surface area contributed by atoms with Crippen LogP contribution >= 0.6 is 0 Å². The minimum absolute atomic E-state index is 0.0312. The second-order valence-corrected chi connectivity index (χ2v) is 6.02. The van der Waals surface area contributed by atoms with Gasteiger partial charge in [-0.25, -0.2) is 0 Å². The molecule has 2 atom stereocenters. The van der Waals surface area contributed by atoms with Gasteiger partial charge < -0.3 is 15.4 Å². The third kappa shape index (κ3) is 4.63. The molecule has 8 heteroatoms. The fraction of sp³-hybridized carbons (Fsp3) is 0.412. The smallest absolute Gasteiger partial charge is 0.314 e. The standard InChI is InChI=1S/C17H21N5O3/c1-12(14-3-2-10-25-14)19-16(23)17(24)20-15-6-9-22(21-15)11-13-4-7-18-8-5-13/h4-9,12,14H,2-3,10-11H2,1H3,(H,19,23)(H,20,21,24). The van der Waals surface area contributed by atoms with Crippen molar-refractivity contribution in [2.75, 3.05) is 11.9 Å². The second kappa shape index (κ2) is 7.89. The molecule has 2 unspecified atom stereocenters. The maximum atomic E-state index is 12.0. The number of nitrogens with one attached hydrogen (secondary N) is 2. The van der Waals surface area contributed by atoms with Crippen LogP contribution in [0.25, 0.3) is 0 Å². The molecular formula is C17H21N5O3. The second-order valence-electron chi connectivity index (χ2n) is 6.02. The van der Waals surface area contributed by atoms with Gasteiger partial charge in [-0.2, -0.15) is 5.10 Å². The number of carbonyl (C=O) groups is 2. The fourth-order valence-corrected chi connectivity index (χ4v) is 2.73. The summed E-state index contributed by atoms with van der Waals surface area (Å²) in [7, 11) is 0. The average Bonchev–Trinajstić information content (AvgIpc) is 3.28. The third-order valence-electron chi connectivity index (χ3n) is 4.06. The number of rotatable bonds is 5. The topological polar surface area (TPSA) is 98.1 Å². The molecular weight excluding hydrogens is 322 g/mol. The minimum atomic E-state index is -0.737. The van der Waals surface area contributed by atoms with Gasteiger partial charge in [0.2, 0.25) is 0 Å². The van der Waals surface area contributed by atoms with Gasteiger partial charge in [-0.1, -0.05) is 0 Å². The van der Waals surface area contributed by atoms with Gasteiger partial charge in [-0.3, -0.25) is 19.3 Å². The SMILES string of the molecule is CC(NC(=O)C(=O)Nc1ccn(Cc2ccncc2)n1)C1CCCO1. The Bertz CT molecular complexity index is 725. The highest BCUT2D eigenvalue weighted by atomic mass is 16.5. The molecule has 25 heavy (non-hydrogen) atoms. The van der Waals surface area contributed by atoms with E-state index in [4.69, 9.17) is 4.74 Å². The summed E-state index contributed by atoms with van der Waals surface area (Å²) in [5.74, 6) is -1.09. The third-order valence-corrected chi connectivity index (χ3v) is 4.06. The molecule has 2 aromatic rings. The first-order valence-electron chi connectivity index (χ1n) is 8.27. The normalized spacial score (nSPS) is 17.9. The van der Waals surface area contributed by atoms with Crippen LogP contribution in [0.4, 0.5) is 5.82 Å². The molecule has 1 aliphatic rings. The van der Waals surface area contributed by atoms with Crippen molar-refractivity contribution >= 4 is 17.6 Å². The Balaban J connectivity index is 1.51. The molecule has 1 aliphatic heterocycles. The summed E-state index contributed by atoms with van der Waals surface area (Å²) in [6.07, 6.45) is 7.00. The van der Waals surface area contributed by atoms with Gasteiger partial charge in [0.15, 0.2) is 5.82 Å². The molecule has 0 aliphatic carbocycles. The van der Waals surface area contributed by atoms with Crippen molar-refractivity contribution in [3.05, 3.63) is 42.4 Å². The Labute approximate surface area is 145 Å². The molecule has 8 nitrogen and oxygen atoms in total. The summed E-state index contributed by atoms with van der Waals surface area (Å²) in [5, 5.41) is 9.42. The van der Waals surface area contributed by atoms with Crippen LogP contribution in [0.1, 0.15) is 25.3 Å². The van der Waals surface area contributed by atoms with Crippen LogP contribution in [-0.4, -0.2) is 45.3 Å². The summed E-state index contributed by atoms with van der Waals surface area (Å²) in [5.41, 5.74) is 1.04. The fourth-order valence-electron chi connectivity index (χ4n) is 2.73. The maximum absolute atomic E-state index is 12.0. The van der Waals surface area contributed by atoms with Crippen LogP contribution in [0.15, 0.2) is 36.8 Å². The van der Waals surface area contributed by atoms with Crippen LogP contribution in [0.5, 0.6) is 0 Å². The molecule has 0 bridgehead atoms. The molecule has 132 valence electrons. The van der Waals surface area contributed by atoms with Crippen LogP contribution in [0.2, 0.25) is 0 Å². The van der Waals surface area contributed by atoms with Gasteiger partial charge >= 0.3 is 11.8 Å².